The first kappa shape index (κ1) is 15.3. The first-order chi connectivity index (χ1) is 8.79. The van der Waals surface area contributed by atoms with Crippen molar-refractivity contribution >= 4 is 33.3 Å². The Bertz CT molecular complexity index is 569. The van der Waals surface area contributed by atoms with Crippen LogP contribution in [0.2, 0.25) is 0 Å². The Hall–Kier alpha value is -1.71. The SMILES string of the molecule is NS(=O)(=O)c1ccc(CNC(=S)NCC(=O)O)cc1. The van der Waals surface area contributed by atoms with Crippen molar-refractivity contribution in [2.24, 2.45) is 5.14 Å². The number of carboxylic acid groups (broad SMARTS) is 1. The molecule has 0 heterocycles. The Balaban J connectivity index is 2.51. The van der Waals surface area contributed by atoms with Gasteiger partial charge in [-0.3, -0.25) is 4.79 Å². The van der Waals surface area contributed by atoms with Crippen LogP contribution >= 0.6 is 12.2 Å². The highest BCUT2D eigenvalue weighted by Gasteiger charge is 2.06. The monoisotopic (exact) mass is 303 g/mol. The molecule has 0 unspecified atom stereocenters. The number of nitrogens with two attached hydrogens (primary N) is 1. The maximum Gasteiger partial charge on any atom is 0.322 e. The molecule has 1 aromatic rings. The second kappa shape index (κ2) is 6.45. The molecule has 0 aliphatic rings. The molecule has 0 aliphatic heterocycles. The minimum Gasteiger partial charge on any atom is -0.480 e. The Morgan fingerprint density at radius 2 is 1.84 bits per heavy atom. The van der Waals surface area contributed by atoms with Gasteiger partial charge >= 0.3 is 5.97 Å². The maximum absolute atomic E-state index is 11.0. The van der Waals surface area contributed by atoms with E-state index in [1.807, 2.05) is 0 Å². The number of hydrogen-bond acceptors (Lipinski definition) is 4. The molecule has 0 saturated carbocycles. The zero-order valence-corrected chi connectivity index (χ0v) is 11.4. The molecule has 0 fully saturated rings. The number of thiocarbonyl (C=S) groups is 1. The second-order valence-electron chi connectivity index (χ2n) is 3.62. The van der Waals surface area contributed by atoms with Gasteiger partial charge in [-0.15, -0.1) is 0 Å². The lowest BCUT2D eigenvalue weighted by Gasteiger charge is -2.09. The van der Waals surface area contributed by atoms with Gasteiger partial charge < -0.3 is 15.7 Å². The average Bonchev–Trinajstić information content (AvgIpc) is 2.33. The van der Waals surface area contributed by atoms with E-state index in [4.69, 9.17) is 22.5 Å². The van der Waals surface area contributed by atoms with Crippen LogP contribution in [0.1, 0.15) is 5.56 Å². The van der Waals surface area contributed by atoms with Gasteiger partial charge in [-0.1, -0.05) is 12.1 Å². The van der Waals surface area contributed by atoms with Crippen molar-refractivity contribution in [2.75, 3.05) is 6.54 Å². The van der Waals surface area contributed by atoms with Gasteiger partial charge in [-0.05, 0) is 29.9 Å². The van der Waals surface area contributed by atoms with Crippen LogP contribution in [0.3, 0.4) is 0 Å². The van der Waals surface area contributed by atoms with Gasteiger partial charge in [0.05, 0.1) is 4.90 Å². The smallest absolute Gasteiger partial charge is 0.322 e. The summed E-state index contributed by atoms with van der Waals surface area (Å²) in [5.74, 6) is -1.01. The van der Waals surface area contributed by atoms with E-state index in [0.29, 0.717) is 6.54 Å². The molecule has 1 rings (SSSR count). The normalized spacial score (nSPS) is 10.8. The average molecular weight is 303 g/mol. The largest absolute Gasteiger partial charge is 0.480 e. The lowest BCUT2D eigenvalue weighted by atomic mass is 10.2. The van der Waals surface area contributed by atoms with Crippen LogP contribution in [0.25, 0.3) is 0 Å². The Labute approximate surface area is 115 Å². The number of nitrogens with one attached hydrogen (secondary N) is 2. The lowest BCUT2D eigenvalue weighted by molar-refractivity contribution is -0.135. The fourth-order valence-corrected chi connectivity index (χ4v) is 1.86. The summed E-state index contributed by atoms with van der Waals surface area (Å²) in [6.07, 6.45) is 0. The van der Waals surface area contributed by atoms with E-state index >= 15 is 0 Å². The van der Waals surface area contributed by atoms with Crippen molar-refractivity contribution in [1.29, 1.82) is 0 Å². The molecule has 104 valence electrons. The molecule has 9 heteroatoms. The predicted molar refractivity (Wildman–Crippen MR) is 72.9 cm³/mol. The highest BCUT2D eigenvalue weighted by Crippen LogP contribution is 2.08. The summed E-state index contributed by atoms with van der Waals surface area (Å²) in [6.45, 7) is 0.0759. The molecule has 0 aromatic heterocycles. The van der Waals surface area contributed by atoms with Crippen LogP contribution in [0.15, 0.2) is 29.2 Å². The summed E-state index contributed by atoms with van der Waals surface area (Å²) >= 11 is 4.86. The van der Waals surface area contributed by atoms with E-state index in [0.717, 1.165) is 5.56 Å². The third-order valence-electron chi connectivity index (χ3n) is 2.11. The number of carbonyl (C=O) groups is 1. The topological polar surface area (TPSA) is 122 Å². The van der Waals surface area contributed by atoms with E-state index in [1.165, 1.54) is 12.1 Å². The molecule has 0 bridgehead atoms. The Kier molecular flexibility index (Phi) is 5.21. The van der Waals surface area contributed by atoms with Crippen LogP contribution < -0.4 is 15.8 Å². The molecular weight excluding hydrogens is 290 g/mol. The summed E-state index contributed by atoms with van der Waals surface area (Å²) < 4.78 is 22.1. The first-order valence-corrected chi connectivity index (χ1v) is 7.10. The molecule has 1 aromatic carbocycles. The summed E-state index contributed by atoms with van der Waals surface area (Å²) in [6, 6.07) is 5.96. The van der Waals surface area contributed by atoms with Crippen LogP contribution in [-0.4, -0.2) is 31.2 Å². The van der Waals surface area contributed by atoms with Gasteiger partial charge in [-0.2, -0.15) is 0 Å². The van der Waals surface area contributed by atoms with Crippen molar-refractivity contribution in [3.8, 4) is 0 Å². The molecule has 7 nitrogen and oxygen atoms in total. The molecular formula is C10H13N3O4S2. The zero-order valence-electron chi connectivity index (χ0n) is 9.79. The van der Waals surface area contributed by atoms with Gasteiger partial charge in [-0.25, -0.2) is 13.6 Å². The maximum atomic E-state index is 11.0. The van der Waals surface area contributed by atoms with Crippen molar-refractivity contribution in [3.63, 3.8) is 0 Å². The fourth-order valence-electron chi connectivity index (χ4n) is 1.20. The quantitative estimate of drug-likeness (QED) is 0.535. The minimum atomic E-state index is -3.69. The van der Waals surface area contributed by atoms with Crippen LogP contribution in [0, 0.1) is 0 Å². The van der Waals surface area contributed by atoms with Gasteiger partial charge in [0, 0.05) is 6.54 Å². The molecule has 5 N–H and O–H groups in total. The summed E-state index contributed by atoms with van der Waals surface area (Å²) in [5, 5.41) is 18.9. The Morgan fingerprint density at radius 1 is 1.26 bits per heavy atom. The molecule has 19 heavy (non-hydrogen) atoms. The summed E-state index contributed by atoms with van der Waals surface area (Å²) in [4.78, 5) is 10.3. The summed E-state index contributed by atoms with van der Waals surface area (Å²) in [7, 11) is -3.69. The van der Waals surface area contributed by atoms with Gasteiger partial charge in [0.15, 0.2) is 5.11 Å². The number of primary sulfonamides is 1. The third-order valence-corrected chi connectivity index (χ3v) is 3.32. The number of sulfonamides is 1. The number of hydrogen-bond donors (Lipinski definition) is 4. The molecule has 0 radical (unpaired) electrons. The fraction of sp³-hybridized carbons (Fsp3) is 0.200. The summed E-state index contributed by atoms with van der Waals surface area (Å²) in [5.41, 5.74) is 0.784. The van der Waals surface area contributed by atoms with Crippen molar-refractivity contribution < 1.29 is 18.3 Å². The predicted octanol–water partition coefficient (Wildman–Crippen LogP) is -0.617. The second-order valence-corrected chi connectivity index (χ2v) is 5.59. The first-order valence-electron chi connectivity index (χ1n) is 5.14. The standard InChI is InChI=1S/C10H13N3O4S2/c11-19(16,17)8-3-1-7(2-4-8)5-12-10(18)13-6-9(14)15/h1-4H,5-6H2,(H,14,15)(H2,11,16,17)(H2,12,13,18). The number of carboxylic acids is 1. The van der Waals surface area contributed by atoms with E-state index in [2.05, 4.69) is 10.6 Å². The molecule has 0 aliphatic carbocycles. The van der Waals surface area contributed by atoms with E-state index < -0.39 is 16.0 Å². The van der Waals surface area contributed by atoms with Crippen LogP contribution in [0.5, 0.6) is 0 Å². The van der Waals surface area contributed by atoms with Gasteiger partial charge in [0.2, 0.25) is 10.0 Å². The van der Waals surface area contributed by atoms with E-state index in [-0.39, 0.29) is 16.6 Å². The van der Waals surface area contributed by atoms with Gasteiger partial charge in [0.1, 0.15) is 6.54 Å². The van der Waals surface area contributed by atoms with Crippen molar-refractivity contribution in [3.05, 3.63) is 29.8 Å². The van der Waals surface area contributed by atoms with Crippen molar-refractivity contribution in [1.82, 2.24) is 10.6 Å². The third kappa shape index (κ3) is 5.64. The highest BCUT2D eigenvalue weighted by molar-refractivity contribution is 7.89. The van der Waals surface area contributed by atoms with Crippen LogP contribution in [-0.2, 0) is 21.4 Å². The molecule has 0 atom stereocenters. The van der Waals surface area contributed by atoms with Gasteiger partial charge in [0.25, 0.3) is 0 Å². The molecule has 0 saturated heterocycles. The molecule has 0 spiro atoms. The number of benzene rings is 1. The van der Waals surface area contributed by atoms with Crippen molar-refractivity contribution in [2.45, 2.75) is 11.4 Å². The molecule has 0 amide bonds. The van der Waals surface area contributed by atoms with E-state index in [9.17, 15) is 13.2 Å². The van der Waals surface area contributed by atoms with E-state index in [1.54, 1.807) is 12.1 Å². The highest BCUT2D eigenvalue weighted by atomic mass is 32.2. The number of aliphatic carboxylic acids is 1. The number of rotatable bonds is 5. The minimum absolute atomic E-state index is 0.0304. The van der Waals surface area contributed by atoms with Crippen LogP contribution in [0.4, 0.5) is 0 Å². The Morgan fingerprint density at radius 3 is 2.32 bits per heavy atom. The lowest BCUT2D eigenvalue weighted by Crippen LogP contribution is -2.37. The zero-order chi connectivity index (χ0) is 14.5.